The third-order valence-electron chi connectivity index (χ3n) is 9.59. The number of hydrogen-bond acceptors (Lipinski definition) is 10. The zero-order valence-corrected chi connectivity index (χ0v) is 25.6. The Hall–Kier alpha value is -2.90. The van der Waals surface area contributed by atoms with Crippen LogP contribution in [0.15, 0.2) is 29.4 Å². The molecule has 7 unspecified atom stereocenters. The Morgan fingerprint density at radius 3 is 2.89 bits per heavy atom. The molecule has 12 nitrogen and oxygen atoms in total. The van der Waals surface area contributed by atoms with E-state index in [1.54, 1.807) is 11.8 Å². The highest BCUT2D eigenvalue weighted by Crippen LogP contribution is 2.47. The van der Waals surface area contributed by atoms with Crippen molar-refractivity contribution in [3.8, 4) is 5.75 Å². The fourth-order valence-electron chi connectivity index (χ4n) is 7.16. The van der Waals surface area contributed by atoms with Crippen LogP contribution in [0.25, 0.3) is 0 Å². The maximum Gasteiger partial charge on any atom is 0.407 e. The Bertz CT molecular complexity index is 1340. The van der Waals surface area contributed by atoms with Crippen LogP contribution in [-0.2, 0) is 20.8 Å². The van der Waals surface area contributed by atoms with Crippen molar-refractivity contribution in [1.82, 2.24) is 15.5 Å². The third kappa shape index (κ3) is 6.02. The van der Waals surface area contributed by atoms with Crippen molar-refractivity contribution >= 4 is 29.4 Å². The summed E-state index contributed by atoms with van der Waals surface area (Å²) >= 11 is 6.50. The summed E-state index contributed by atoms with van der Waals surface area (Å²) in [5.74, 6) is -0.593. The number of hydrogen-bond donors (Lipinski definition) is 5. The van der Waals surface area contributed by atoms with Crippen molar-refractivity contribution in [2.75, 3.05) is 19.8 Å². The van der Waals surface area contributed by atoms with Gasteiger partial charge in [-0.25, -0.2) is 4.79 Å². The highest BCUT2D eigenvalue weighted by Gasteiger charge is 2.62. The minimum Gasteiger partial charge on any atom is -0.491 e. The molecule has 0 radical (unpaired) electrons. The monoisotopic (exact) mass is 632 g/mol. The van der Waals surface area contributed by atoms with Gasteiger partial charge in [-0.05, 0) is 50.3 Å². The van der Waals surface area contributed by atoms with Crippen LogP contribution in [0.5, 0.6) is 5.75 Å². The fraction of sp³-hybridized carbons (Fsp3) is 0.645. The van der Waals surface area contributed by atoms with Gasteiger partial charge in [0.25, 0.3) is 0 Å². The number of nitrogens with one attached hydrogen (secondary N) is 2. The number of aliphatic hydroxyl groups excluding tert-OH is 2. The summed E-state index contributed by atoms with van der Waals surface area (Å²) in [7, 11) is 0. The first kappa shape index (κ1) is 31.1. The predicted molar refractivity (Wildman–Crippen MR) is 161 cm³/mol. The number of aliphatic hydroxyl groups is 2. The number of aliphatic carboxylic acids is 1. The summed E-state index contributed by atoms with van der Waals surface area (Å²) in [5, 5.41) is 44.3. The molecule has 1 spiro atoms. The molecule has 4 aliphatic heterocycles. The Morgan fingerprint density at radius 1 is 1.25 bits per heavy atom. The van der Waals surface area contributed by atoms with Crippen molar-refractivity contribution in [3.05, 3.63) is 40.4 Å². The van der Waals surface area contributed by atoms with E-state index in [1.165, 1.54) is 0 Å². The number of nitrogens with zero attached hydrogens (tertiary/aromatic N) is 2. The number of fused-ring (bicyclic) bond motifs is 3. The van der Waals surface area contributed by atoms with Crippen molar-refractivity contribution in [1.29, 1.82) is 0 Å². The summed E-state index contributed by atoms with van der Waals surface area (Å²) in [6.07, 6.45) is 6.33. The summed E-state index contributed by atoms with van der Waals surface area (Å²) in [4.78, 5) is 32.7. The lowest BCUT2D eigenvalue weighted by Crippen LogP contribution is -2.60. The minimum atomic E-state index is -1.31. The van der Waals surface area contributed by atoms with Crippen LogP contribution in [0, 0.1) is 5.92 Å². The molecule has 13 heteroatoms. The van der Waals surface area contributed by atoms with Crippen LogP contribution < -0.4 is 15.4 Å². The molecule has 1 aromatic carbocycles. The molecule has 5 N–H and O–H groups in total. The molecule has 5 aliphatic rings. The van der Waals surface area contributed by atoms with Gasteiger partial charge < -0.3 is 34.9 Å². The van der Waals surface area contributed by atoms with Gasteiger partial charge in [0, 0.05) is 37.3 Å². The van der Waals surface area contributed by atoms with Gasteiger partial charge in [0.1, 0.15) is 23.7 Å². The van der Waals surface area contributed by atoms with E-state index in [4.69, 9.17) is 25.9 Å². The van der Waals surface area contributed by atoms with Gasteiger partial charge in [0.05, 0.1) is 36.0 Å². The van der Waals surface area contributed by atoms with Gasteiger partial charge in [0.2, 0.25) is 0 Å². The number of oxime groups is 1. The van der Waals surface area contributed by atoms with Crippen molar-refractivity contribution < 1.29 is 39.2 Å². The maximum absolute atomic E-state index is 12.5. The first-order chi connectivity index (χ1) is 21.1. The highest BCUT2D eigenvalue weighted by molar-refractivity contribution is 6.32. The zero-order chi connectivity index (χ0) is 31.1. The van der Waals surface area contributed by atoms with E-state index in [-0.39, 0.29) is 25.5 Å². The number of amides is 1. The van der Waals surface area contributed by atoms with E-state index in [1.807, 2.05) is 24.3 Å². The van der Waals surface area contributed by atoms with Crippen LogP contribution in [0.1, 0.15) is 69.4 Å². The maximum atomic E-state index is 12.5. The van der Waals surface area contributed by atoms with Gasteiger partial charge >= 0.3 is 12.1 Å². The second kappa shape index (κ2) is 12.5. The molecule has 1 saturated heterocycles. The molecule has 4 heterocycles. The van der Waals surface area contributed by atoms with E-state index in [0.29, 0.717) is 42.4 Å². The second-order valence-corrected chi connectivity index (χ2v) is 13.0. The lowest BCUT2D eigenvalue weighted by atomic mass is 9.90. The standard InChI is InChI=1S/C31H41ClN4O8/c1-2-42-29(41)33-22-9-7-5-3-4-6-8-20-14-31(20,28(39)40)34-26(37)24-16-30(17-36(24)27(22)38)15-23(35-44-30)19-12-18-10-11-43-25(18)21(32)13-19/h6,8,12-13,20,22,24,26-27,34,37-38H,2-5,7,9-11,14-17H2,1H3,(H,33,41)(H,39,40)/b8-6-. The zero-order valence-electron chi connectivity index (χ0n) is 24.8. The summed E-state index contributed by atoms with van der Waals surface area (Å²) in [6.45, 7) is 2.66. The molecule has 2 fully saturated rings. The number of ether oxygens (including phenoxy) is 2. The van der Waals surface area contributed by atoms with Crippen LogP contribution in [0.2, 0.25) is 5.02 Å². The molecule has 240 valence electrons. The Morgan fingerprint density at radius 2 is 2.09 bits per heavy atom. The van der Waals surface area contributed by atoms with Crippen molar-refractivity contribution in [3.63, 3.8) is 0 Å². The normalized spacial score (nSPS) is 36.0. The molecule has 44 heavy (non-hydrogen) atoms. The Kier molecular flexibility index (Phi) is 8.82. The smallest absolute Gasteiger partial charge is 0.407 e. The van der Waals surface area contributed by atoms with Gasteiger partial charge in [0.15, 0.2) is 5.60 Å². The molecule has 1 aromatic rings. The van der Waals surface area contributed by atoms with E-state index in [0.717, 1.165) is 43.2 Å². The molecule has 1 aliphatic carbocycles. The summed E-state index contributed by atoms with van der Waals surface area (Å²) < 4.78 is 10.8. The van der Waals surface area contributed by atoms with Gasteiger partial charge in [-0.15, -0.1) is 0 Å². The summed E-state index contributed by atoms with van der Waals surface area (Å²) in [5.41, 5.74) is 0.318. The predicted octanol–water partition coefficient (Wildman–Crippen LogP) is 2.92. The largest absolute Gasteiger partial charge is 0.491 e. The number of carboxylic acid groups (broad SMARTS) is 1. The van der Waals surface area contributed by atoms with Crippen LogP contribution in [0.4, 0.5) is 4.79 Å². The van der Waals surface area contributed by atoms with Crippen molar-refractivity contribution in [2.24, 2.45) is 11.1 Å². The second-order valence-electron chi connectivity index (χ2n) is 12.6. The molecule has 1 saturated carbocycles. The quantitative estimate of drug-likeness (QED) is 0.312. The van der Waals surface area contributed by atoms with Gasteiger partial charge in [-0.1, -0.05) is 41.8 Å². The topological polar surface area (TPSA) is 162 Å². The number of halogens is 1. The molecule has 6 rings (SSSR count). The molecule has 7 atom stereocenters. The third-order valence-corrected chi connectivity index (χ3v) is 9.87. The minimum absolute atomic E-state index is 0.185. The first-order valence-corrected chi connectivity index (χ1v) is 16.0. The lowest BCUT2D eigenvalue weighted by Gasteiger charge is -2.37. The molecule has 0 bridgehead atoms. The lowest BCUT2D eigenvalue weighted by molar-refractivity contribution is -0.143. The van der Waals surface area contributed by atoms with Gasteiger partial charge in [-0.2, -0.15) is 0 Å². The molecule has 0 aromatic heterocycles. The average molecular weight is 633 g/mol. The van der Waals surface area contributed by atoms with Crippen molar-refractivity contribution in [2.45, 2.75) is 100 Å². The number of carbonyl (C=O) groups is 2. The van der Waals surface area contributed by atoms with E-state index >= 15 is 0 Å². The molecular weight excluding hydrogens is 592 g/mol. The first-order valence-electron chi connectivity index (χ1n) is 15.6. The van der Waals surface area contributed by atoms with E-state index < -0.39 is 47.7 Å². The number of allylic oxidation sites excluding steroid dienone is 1. The van der Waals surface area contributed by atoms with Gasteiger partial charge in [-0.3, -0.25) is 15.0 Å². The fourth-order valence-corrected chi connectivity index (χ4v) is 7.46. The number of rotatable bonds is 4. The van der Waals surface area contributed by atoms with E-state index in [2.05, 4.69) is 15.8 Å². The molecule has 1 amide bonds. The highest BCUT2D eigenvalue weighted by atomic mass is 35.5. The summed E-state index contributed by atoms with van der Waals surface area (Å²) in [6, 6.07) is 2.38. The number of benzene rings is 1. The van der Waals surface area contributed by atoms with Crippen LogP contribution in [-0.4, -0.2) is 93.4 Å². The SMILES string of the molecule is CCOC(=O)NC1CCCCC/C=C\C2CC2(C(=O)O)NC(O)C2CC3(CC(c4cc(Cl)c5c(c4)CCO5)=NO3)CN2C1O. The average Bonchev–Trinajstić information content (AvgIpc) is 3.35. The molecular formula is C31H41ClN4O8. The number of carbonyl (C=O) groups excluding carboxylic acids is 1. The van der Waals surface area contributed by atoms with E-state index in [9.17, 15) is 24.9 Å². The number of carboxylic acids is 1. The Labute approximate surface area is 261 Å². The van der Waals surface area contributed by atoms with Crippen LogP contribution in [0.3, 0.4) is 0 Å². The Balaban J connectivity index is 1.28. The van der Waals surface area contributed by atoms with Crippen LogP contribution >= 0.6 is 11.6 Å². The number of alkyl carbamates (subject to hydrolysis) is 1.